The summed E-state index contributed by atoms with van der Waals surface area (Å²) in [4.78, 5) is 0. The van der Waals surface area contributed by atoms with Crippen molar-refractivity contribution in [1.29, 1.82) is 0 Å². The first-order valence-corrected chi connectivity index (χ1v) is 34.0. The molecule has 0 fully saturated rings. The Bertz CT molecular complexity index is 4630. The third-order valence-electron chi connectivity index (χ3n) is 18.0. The molecule has 0 saturated carbocycles. The summed E-state index contributed by atoms with van der Waals surface area (Å²) in [5.74, 6) is 1.58. The van der Waals surface area contributed by atoms with Crippen molar-refractivity contribution in [2.75, 3.05) is 0 Å². The van der Waals surface area contributed by atoms with Crippen LogP contribution in [0, 0.1) is 51.2 Å². The molecule has 96 heavy (non-hydrogen) atoms. The first kappa shape index (κ1) is 70.5. The predicted octanol–water partition coefficient (Wildman–Crippen LogP) is 21.5. The lowest BCUT2D eigenvalue weighted by atomic mass is 9.96. The Morgan fingerprint density at radius 1 is 0.292 bits per heavy atom. The van der Waals surface area contributed by atoms with Crippen LogP contribution in [0.2, 0.25) is 0 Å². The zero-order valence-corrected chi connectivity index (χ0v) is 59.5. The van der Waals surface area contributed by atoms with E-state index in [9.17, 15) is 8.78 Å². The van der Waals surface area contributed by atoms with Gasteiger partial charge in [-0.25, -0.2) is 27.0 Å². The van der Waals surface area contributed by atoms with Crippen LogP contribution in [-0.2, 0) is 41.0 Å². The molecule has 0 unspecified atom stereocenters. The van der Waals surface area contributed by atoms with E-state index in [0.29, 0.717) is 17.8 Å². The Balaban J connectivity index is 0.000000150. The lowest BCUT2D eigenvalue weighted by Crippen LogP contribution is -2.30. The third kappa shape index (κ3) is 18.0. The normalized spacial score (nSPS) is 11.1. The maximum Gasteiger partial charge on any atom is 0.213 e. The van der Waals surface area contributed by atoms with Crippen LogP contribution in [0.5, 0.6) is 0 Å². The van der Waals surface area contributed by atoms with Gasteiger partial charge >= 0.3 is 0 Å². The van der Waals surface area contributed by atoms with Crippen molar-refractivity contribution in [2.24, 2.45) is 40.0 Å². The molecule has 4 heterocycles. The van der Waals surface area contributed by atoms with E-state index < -0.39 is 0 Å². The molecule has 0 saturated heterocycles. The molecule has 12 rings (SSSR count). The van der Waals surface area contributed by atoms with Crippen LogP contribution in [-0.4, -0.2) is 0 Å². The fraction of sp³-hybridized carbons (Fsp3) is 0.244. The van der Waals surface area contributed by atoms with E-state index in [1.165, 1.54) is 89.3 Å². The molecule has 0 aliphatic carbocycles. The minimum atomic E-state index is -0.130. The summed E-state index contributed by atoms with van der Waals surface area (Å²) >= 11 is 0. The second-order valence-corrected chi connectivity index (χ2v) is 27.3. The molecule has 4 nitrogen and oxygen atoms in total. The average Bonchev–Trinajstić information content (AvgIpc) is 0.832. The molecular weight excluding hydrogens is 1180 g/mol. The number of aromatic nitrogens is 4. The number of rotatable bonds is 14. The Morgan fingerprint density at radius 3 is 0.990 bits per heavy atom. The van der Waals surface area contributed by atoms with Crippen molar-refractivity contribution in [3.8, 4) is 89.5 Å². The van der Waals surface area contributed by atoms with Gasteiger partial charge < -0.3 is 0 Å². The van der Waals surface area contributed by atoms with Gasteiger partial charge in [0.1, 0.15) is 39.8 Å². The zero-order chi connectivity index (χ0) is 68.7. The number of hydrogen-bond donors (Lipinski definition) is 0. The number of aryl methyl sites for hydroxylation is 8. The van der Waals surface area contributed by atoms with Crippen molar-refractivity contribution in [2.45, 2.75) is 108 Å². The summed E-state index contributed by atoms with van der Waals surface area (Å²) in [6.45, 7) is 25.9. The summed E-state index contributed by atoms with van der Waals surface area (Å²) in [6, 6.07) is 80.1. The summed E-state index contributed by atoms with van der Waals surface area (Å²) in [7, 11) is 8.33. The largest absolute Gasteiger partial charge is 0.213 e. The van der Waals surface area contributed by atoms with Crippen LogP contribution in [0.4, 0.5) is 8.78 Å². The fourth-order valence-electron chi connectivity index (χ4n) is 12.5. The molecule has 0 aliphatic rings. The van der Waals surface area contributed by atoms with Crippen LogP contribution in [0.25, 0.3) is 89.5 Å². The zero-order valence-electron chi connectivity index (χ0n) is 59.5. The van der Waals surface area contributed by atoms with Gasteiger partial charge in [-0.15, -0.1) is 0 Å². The van der Waals surface area contributed by atoms with Crippen LogP contribution >= 0.6 is 0 Å². The van der Waals surface area contributed by atoms with E-state index >= 15 is 0 Å². The predicted molar refractivity (Wildman–Crippen MR) is 398 cm³/mol. The number of halogens is 2. The summed E-state index contributed by atoms with van der Waals surface area (Å²) in [5, 5.41) is 0. The Morgan fingerprint density at radius 2 is 0.625 bits per heavy atom. The van der Waals surface area contributed by atoms with Crippen LogP contribution in [0.3, 0.4) is 0 Å². The highest BCUT2D eigenvalue weighted by molar-refractivity contribution is 5.74. The van der Waals surface area contributed by atoms with Gasteiger partial charge in [-0.1, -0.05) is 189 Å². The van der Waals surface area contributed by atoms with Gasteiger partial charge in [0.05, 0.1) is 0 Å². The Kier molecular flexibility index (Phi) is 23.9. The summed E-state index contributed by atoms with van der Waals surface area (Å²) in [5.41, 5.74) is 28.7. The van der Waals surface area contributed by atoms with Gasteiger partial charge in [-0.3, -0.25) is 0 Å². The molecule has 0 radical (unpaired) electrons. The van der Waals surface area contributed by atoms with Gasteiger partial charge in [0, 0.05) is 70.8 Å². The molecule has 6 heteroatoms. The number of hydrogen-bond acceptors (Lipinski definition) is 0. The minimum Gasteiger partial charge on any atom is -0.207 e. The van der Waals surface area contributed by atoms with E-state index in [1.807, 2.05) is 38.1 Å². The average molecular weight is 1270 g/mol. The molecule has 8 aromatic carbocycles. The molecular formula is C90H98F2N4+4. The maximum atomic E-state index is 14.1. The lowest BCUT2D eigenvalue weighted by molar-refractivity contribution is -0.660. The molecule has 0 aliphatic heterocycles. The number of nitrogens with zero attached hydrogens (tertiary/aromatic N) is 4. The summed E-state index contributed by atoms with van der Waals surface area (Å²) in [6.07, 6.45) is 10.3. The van der Waals surface area contributed by atoms with E-state index in [1.54, 1.807) is 12.1 Å². The highest BCUT2D eigenvalue weighted by atomic mass is 19.1. The number of benzene rings is 8. The smallest absolute Gasteiger partial charge is 0.207 e. The SMILES string of the molecule is Cc1ccccc1-c1cc(-c2ccc(F)c(C(C)C)c2)cc[n+]1C.Cc1ccccc1-c1cc(-c2ccc(F)c(CC(C)C)c2)cc[n+]1C.Cc1ccccc1-c1cc(-c2cccc(C(C)C)c2)cc[n+]1C.Cc1ccccc1-c1cc(-c2cccc(CC(C)C)c2)cc[n+]1C. The highest BCUT2D eigenvalue weighted by Crippen LogP contribution is 2.33. The lowest BCUT2D eigenvalue weighted by Gasteiger charge is -2.11. The third-order valence-corrected chi connectivity index (χ3v) is 18.0. The van der Waals surface area contributed by atoms with Crippen LogP contribution < -0.4 is 18.3 Å². The first-order chi connectivity index (χ1) is 46.0. The standard InChI is InChI=1S/C23H25FN.C23H26N.C22H23FN.C22H24N/c1-16(2)13-20-14-18(9-10-22(20)24)19-11-12-25(4)23(15-19)21-8-6-5-7-17(21)3;1-17(2)14-19-9-7-10-20(15-19)21-12-13-24(4)23(16-21)22-11-6-5-8-18(22)3;1-15(2)20-13-17(9-10-21(20)23)18-11-12-24(4)22(14-18)19-8-6-5-7-16(19)3;1-16(2)18-9-7-10-19(14-18)20-12-13-23(4)22(15-20)21-11-6-5-8-17(21)3/h5-12,14-16H,13H2,1-4H3;5-13,15-17H,14H2,1-4H3;5-15H,1-4H3;5-16H,1-4H3/q4*+1. The van der Waals surface area contributed by atoms with E-state index in [0.717, 1.165) is 57.6 Å². The molecule has 0 spiro atoms. The van der Waals surface area contributed by atoms with Gasteiger partial charge in [0.2, 0.25) is 22.8 Å². The number of pyridine rings is 4. The topological polar surface area (TPSA) is 15.5 Å². The van der Waals surface area contributed by atoms with Gasteiger partial charge in [-0.05, 0) is 202 Å². The van der Waals surface area contributed by atoms with Crippen molar-refractivity contribution in [3.63, 3.8) is 0 Å². The molecule has 0 N–H and O–H groups in total. The van der Waals surface area contributed by atoms with E-state index in [-0.39, 0.29) is 17.6 Å². The summed E-state index contributed by atoms with van der Waals surface area (Å²) < 4.78 is 36.7. The maximum absolute atomic E-state index is 14.1. The van der Waals surface area contributed by atoms with Gasteiger partial charge in [0.15, 0.2) is 24.8 Å². The molecule has 12 aromatic rings. The van der Waals surface area contributed by atoms with Crippen molar-refractivity contribution in [1.82, 2.24) is 0 Å². The molecule has 0 atom stereocenters. The van der Waals surface area contributed by atoms with E-state index in [4.69, 9.17) is 0 Å². The fourth-order valence-corrected chi connectivity index (χ4v) is 12.5. The highest BCUT2D eigenvalue weighted by Gasteiger charge is 2.20. The van der Waals surface area contributed by atoms with Crippen LogP contribution in [0.1, 0.15) is 112 Å². The Labute approximate surface area is 572 Å². The van der Waals surface area contributed by atoms with Crippen molar-refractivity contribution >= 4 is 0 Å². The monoisotopic (exact) mass is 1270 g/mol. The molecule has 0 bridgehead atoms. The van der Waals surface area contributed by atoms with Gasteiger partial charge in [-0.2, -0.15) is 0 Å². The second-order valence-electron chi connectivity index (χ2n) is 27.3. The molecule has 488 valence electrons. The van der Waals surface area contributed by atoms with Crippen molar-refractivity contribution in [3.05, 3.63) is 311 Å². The van der Waals surface area contributed by atoms with Crippen LogP contribution in [0.15, 0.2) is 255 Å². The van der Waals surface area contributed by atoms with Crippen molar-refractivity contribution < 1.29 is 27.0 Å². The molecule has 0 amide bonds. The van der Waals surface area contributed by atoms with E-state index in [2.05, 4.69) is 335 Å². The van der Waals surface area contributed by atoms with Gasteiger partial charge in [0.25, 0.3) is 0 Å². The molecule has 4 aromatic heterocycles. The first-order valence-electron chi connectivity index (χ1n) is 34.0. The quantitative estimate of drug-likeness (QED) is 0.0965. The Hall–Kier alpha value is -9.78. The minimum absolute atomic E-state index is 0.113. The second kappa shape index (κ2) is 32.6.